The van der Waals surface area contributed by atoms with Crippen LogP contribution in [-0.4, -0.2) is 23.3 Å². The summed E-state index contributed by atoms with van der Waals surface area (Å²) in [6.07, 6.45) is 1.58. The van der Waals surface area contributed by atoms with Crippen LogP contribution >= 0.6 is 11.8 Å². The van der Waals surface area contributed by atoms with Gasteiger partial charge in [0.1, 0.15) is 11.5 Å². The summed E-state index contributed by atoms with van der Waals surface area (Å²) in [5, 5.41) is 6.35. The molecule has 1 aliphatic heterocycles. The van der Waals surface area contributed by atoms with Crippen LogP contribution in [0.2, 0.25) is 0 Å². The Bertz CT molecular complexity index is 1090. The second kappa shape index (κ2) is 9.28. The van der Waals surface area contributed by atoms with Gasteiger partial charge in [-0.1, -0.05) is 42.5 Å². The van der Waals surface area contributed by atoms with Crippen LogP contribution in [0.3, 0.4) is 0 Å². The Morgan fingerprint density at radius 3 is 2.67 bits per heavy atom. The molecule has 1 heterocycles. The van der Waals surface area contributed by atoms with E-state index in [-0.39, 0.29) is 18.2 Å². The molecule has 30 heavy (non-hydrogen) atoms. The highest BCUT2D eigenvalue weighted by Gasteiger charge is 2.28. The third-order valence-electron chi connectivity index (χ3n) is 4.32. The first kappa shape index (κ1) is 19.7. The number of fused-ring (bicyclic) bond motifs is 1. The number of benzene rings is 3. The average molecular weight is 417 g/mol. The molecule has 6 nitrogen and oxygen atoms in total. The zero-order valence-electron chi connectivity index (χ0n) is 15.9. The van der Waals surface area contributed by atoms with Crippen molar-refractivity contribution in [3.8, 4) is 11.5 Å². The molecule has 0 radical (unpaired) electrons. The number of rotatable bonds is 6. The van der Waals surface area contributed by atoms with Crippen molar-refractivity contribution in [1.29, 1.82) is 0 Å². The second-order valence-electron chi connectivity index (χ2n) is 6.58. The van der Waals surface area contributed by atoms with E-state index in [9.17, 15) is 9.59 Å². The van der Waals surface area contributed by atoms with E-state index in [0.717, 1.165) is 21.9 Å². The Kier molecular flexibility index (Phi) is 6.10. The average Bonchev–Trinajstić information content (AvgIpc) is 2.75. The standard InChI is InChI=1S/C23H19N3O3S/c27-22(14-21-23(28)25-19-11-4-5-12-20(19)30-21)26-24-15-16-7-6-10-18(13-16)29-17-8-2-1-3-9-17/h1-13,15,21H,14H2,(H,25,28)(H,26,27)/b24-15-/t21-/m0/s1. The largest absolute Gasteiger partial charge is 0.457 e. The van der Waals surface area contributed by atoms with E-state index >= 15 is 0 Å². The minimum absolute atomic E-state index is 0.0410. The summed E-state index contributed by atoms with van der Waals surface area (Å²) in [4.78, 5) is 25.4. The molecule has 0 spiro atoms. The van der Waals surface area contributed by atoms with Crippen molar-refractivity contribution in [3.05, 3.63) is 84.4 Å². The fourth-order valence-electron chi connectivity index (χ4n) is 2.90. The van der Waals surface area contributed by atoms with Crippen molar-refractivity contribution in [3.63, 3.8) is 0 Å². The van der Waals surface area contributed by atoms with Gasteiger partial charge in [-0.2, -0.15) is 5.10 Å². The normalized spacial score (nSPS) is 15.3. The summed E-state index contributed by atoms with van der Waals surface area (Å²) in [6, 6.07) is 24.4. The van der Waals surface area contributed by atoms with Crippen LogP contribution in [0.5, 0.6) is 11.5 Å². The monoisotopic (exact) mass is 417 g/mol. The number of para-hydroxylation sites is 2. The highest BCUT2D eigenvalue weighted by molar-refractivity contribution is 8.01. The Morgan fingerprint density at radius 1 is 1.03 bits per heavy atom. The summed E-state index contributed by atoms with van der Waals surface area (Å²) >= 11 is 1.38. The van der Waals surface area contributed by atoms with Crippen LogP contribution in [0.1, 0.15) is 12.0 Å². The number of hydrazone groups is 1. The van der Waals surface area contributed by atoms with Gasteiger partial charge in [0.05, 0.1) is 17.2 Å². The molecule has 0 fully saturated rings. The molecule has 0 unspecified atom stereocenters. The fraction of sp³-hybridized carbons (Fsp3) is 0.0870. The summed E-state index contributed by atoms with van der Waals surface area (Å²) in [5.41, 5.74) is 4.05. The maximum atomic E-state index is 12.2. The van der Waals surface area contributed by atoms with Crippen molar-refractivity contribution in [2.45, 2.75) is 16.6 Å². The number of hydrogen-bond donors (Lipinski definition) is 2. The van der Waals surface area contributed by atoms with Crippen molar-refractivity contribution in [2.24, 2.45) is 5.10 Å². The lowest BCUT2D eigenvalue weighted by Crippen LogP contribution is -2.33. The molecular weight excluding hydrogens is 398 g/mol. The lowest BCUT2D eigenvalue weighted by atomic mass is 10.2. The Morgan fingerprint density at radius 2 is 1.80 bits per heavy atom. The first-order valence-corrected chi connectivity index (χ1v) is 10.3. The molecule has 1 atom stereocenters. The molecule has 4 rings (SSSR count). The predicted octanol–water partition coefficient (Wildman–Crippen LogP) is 4.43. The third-order valence-corrected chi connectivity index (χ3v) is 5.59. The fourth-order valence-corrected chi connectivity index (χ4v) is 4.01. The number of carbonyl (C=O) groups is 2. The van der Waals surface area contributed by atoms with Crippen molar-refractivity contribution < 1.29 is 14.3 Å². The van der Waals surface area contributed by atoms with Crippen LogP contribution < -0.4 is 15.5 Å². The highest BCUT2D eigenvalue weighted by Crippen LogP contribution is 2.36. The summed E-state index contributed by atoms with van der Waals surface area (Å²) in [5.74, 6) is 0.911. The lowest BCUT2D eigenvalue weighted by molar-refractivity contribution is -0.124. The summed E-state index contributed by atoms with van der Waals surface area (Å²) in [6.45, 7) is 0. The maximum Gasteiger partial charge on any atom is 0.241 e. The van der Waals surface area contributed by atoms with Gasteiger partial charge in [-0.3, -0.25) is 9.59 Å². The number of nitrogens with one attached hydrogen (secondary N) is 2. The van der Waals surface area contributed by atoms with E-state index in [4.69, 9.17) is 4.74 Å². The molecule has 3 aromatic rings. The van der Waals surface area contributed by atoms with E-state index in [1.807, 2.05) is 78.9 Å². The van der Waals surface area contributed by atoms with Gasteiger partial charge in [-0.25, -0.2) is 5.43 Å². The van der Waals surface area contributed by atoms with Gasteiger partial charge in [-0.05, 0) is 42.0 Å². The molecule has 0 aliphatic carbocycles. The van der Waals surface area contributed by atoms with Crippen LogP contribution in [0.4, 0.5) is 5.69 Å². The van der Waals surface area contributed by atoms with Gasteiger partial charge in [0.2, 0.25) is 11.8 Å². The Balaban J connectivity index is 1.32. The number of carbonyl (C=O) groups excluding carboxylic acids is 2. The van der Waals surface area contributed by atoms with Crippen molar-refractivity contribution >= 4 is 35.5 Å². The van der Waals surface area contributed by atoms with Gasteiger partial charge in [0, 0.05) is 11.3 Å². The van der Waals surface area contributed by atoms with Crippen LogP contribution in [0.25, 0.3) is 0 Å². The number of ether oxygens (including phenoxy) is 1. The molecule has 2 N–H and O–H groups in total. The summed E-state index contributed by atoms with van der Waals surface area (Å²) in [7, 11) is 0. The van der Waals surface area contributed by atoms with Crippen LogP contribution in [-0.2, 0) is 9.59 Å². The number of anilines is 1. The molecule has 150 valence electrons. The first-order valence-electron chi connectivity index (χ1n) is 9.39. The molecule has 3 aromatic carbocycles. The molecule has 0 aromatic heterocycles. The second-order valence-corrected chi connectivity index (χ2v) is 7.82. The van der Waals surface area contributed by atoms with Crippen molar-refractivity contribution in [2.75, 3.05) is 5.32 Å². The van der Waals surface area contributed by atoms with E-state index in [2.05, 4.69) is 15.8 Å². The Labute approximate surface area is 178 Å². The lowest BCUT2D eigenvalue weighted by Gasteiger charge is -2.23. The van der Waals surface area contributed by atoms with Gasteiger partial charge in [-0.15, -0.1) is 11.8 Å². The smallest absolute Gasteiger partial charge is 0.241 e. The number of thioether (sulfide) groups is 1. The maximum absolute atomic E-state index is 12.2. The quantitative estimate of drug-likeness (QED) is 0.459. The van der Waals surface area contributed by atoms with Gasteiger partial charge in [0.25, 0.3) is 0 Å². The first-order chi connectivity index (χ1) is 14.7. The molecule has 0 saturated carbocycles. The van der Waals surface area contributed by atoms with Crippen molar-refractivity contribution in [1.82, 2.24) is 5.43 Å². The number of nitrogens with zero attached hydrogens (tertiary/aromatic N) is 1. The van der Waals surface area contributed by atoms with Gasteiger partial charge in [0.15, 0.2) is 0 Å². The minimum atomic E-state index is -0.488. The molecular formula is C23H19N3O3S. The van der Waals surface area contributed by atoms with E-state index in [1.165, 1.54) is 11.8 Å². The van der Waals surface area contributed by atoms with E-state index < -0.39 is 5.25 Å². The SMILES string of the molecule is O=C(C[C@@H]1Sc2ccccc2NC1=O)N/N=C\c1cccc(Oc2ccccc2)c1. The highest BCUT2D eigenvalue weighted by atomic mass is 32.2. The number of amides is 2. The van der Waals surface area contributed by atoms with Gasteiger partial charge >= 0.3 is 0 Å². The zero-order valence-corrected chi connectivity index (χ0v) is 16.8. The van der Waals surface area contributed by atoms with E-state index in [1.54, 1.807) is 6.21 Å². The molecule has 2 amide bonds. The topological polar surface area (TPSA) is 79.8 Å². The summed E-state index contributed by atoms with van der Waals surface area (Å²) < 4.78 is 5.79. The number of hydrogen-bond acceptors (Lipinski definition) is 5. The minimum Gasteiger partial charge on any atom is -0.457 e. The van der Waals surface area contributed by atoms with E-state index in [0.29, 0.717) is 5.75 Å². The predicted molar refractivity (Wildman–Crippen MR) is 118 cm³/mol. The molecule has 0 bridgehead atoms. The molecule has 7 heteroatoms. The zero-order chi connectivity index (χ0) is 20.8. The molecule has 1 aliphatic rings. The van der Waals surface area contributed by atoms with Crippen LogP contribution in [0, 0.1) is 0 Å². The molecule has 0 saturated heterocycles. The van der Waals surface area contributed by atoms with Gasteiger partial charge < -0.3 is 10.1 Å². The van der Waals surface area contributed by atoms with Crippen LogP contribution in [0.15, 0.2) is 88.9 Å². The third kappa shape index (κ3) is 5.07. The Hall–Kier alpha value is -3.58.